The van der Waals surface area contributed by atoms with E-state index in [-0.39, 0.29) is 6.54 Å². The highest BCUT2D eigenvalue weighted by molar-refractivity contribution is 5.27. The van der Waals surface area contributed by atoms with Crippen molar-refractivity contribution in [1.29, 1.82) is 0 Å². The van der Waals surface area contributed by atoms with E-state index in [9.17, 15) is 5.11 Å². The smallest absolute Gasteiger partial charge is 0.0912 e. The summed E-state index contributed by atoms with van der Waals surface area (Å²) in [5.41, 5.74) is 8.29. The zero-order valence-electron chi connectivity index (χ0n) is 13.1. The number of benzene rings is 1. The molecule has 20 heavy (non-hydrogen) atoms. The van der Waals surface area contributed by atoms with Gasteiger partial charge in [-0.05, 0) is 54.1 Å². The largest absolute Gasteiger partial charge is 0.387 e. The van der Waals surface area contributed by atoms with Crippen LogP contribution in [0.25, 0.3) is 0 Å². The number of rotatable bonds is 3. The molecule has 0 radical (unpaired) electrons. The number of hydrogen-bond acceptors (Lipinski definition) is 2. The van der Waals surface area contributed by atoms with Gasteiger partial charge in [0.25, 0.3) is 0 Å². The Morgan fingerprint density at radius 1 is 1.10 bits per heavy atom. The maximum atomic E-state index is 9.73. The van der Waals surface area contributed by atoms with Crippen LogP contribution in [0.2, 0.25) is 0 Å². The molecule has 0 bridgehead atoms. The maximum Gasteiger partial charge on any atom is 0.0912 e. The van der Waals surface area contributed by atoms with Gasteiger partial charge in [0.15, 0.2) is 0 Å². The fourth-order valence-corrected chi connectivity index (χ4v) is 3.42. The number of aliphatic hydroxyl groups is 1. The van der Waals surface area contributed by atoms with Crippen LogP contribution in [0.15, 0.2) is 24.3 Å². The van der Waals surface area contributed by atoms with E-state index in [2.05, 4.69) is 32.9 Å². The van der Waals surface area contributed by atoms with Gasteiger partial charge >= 0.3 is 0 Å². The molecule has 3 N–H and O–H groups in total. The van der Waals surface area contributed by atoms with Gasteiger partial charge in [0.2, 0.25) is 0 Å². The van der Waals surface area contributed by atoms with Gasteiger partial charge in [-0.1, -0.05) is 45.0 Å². The summed E-state index contributed by atoms with van der Waals surface area (Å²) in [6.45, 7) is 7.37. The first-order valence-electron chi connectivity index (χ1n) is 7.90. The molecule has 2 nitrogen and oxygen atoms in total. The van der Waals surface area contributed by atoms with Gasteiger partial charge in [-0.3, -0.25) is 0 Å². The summed E-state index contributed by atoms with van der Waals surface area (Å²) in [5, 5.41) is 9.73. The van der Waals surface area contributed by atoms with Gasteiger partial charge in [-0.25, -0.2) is 0 Å². The topological polar surface area (TPSA) is 46.2 Å². The van der Waals surface area contributed by atoms with Crippen LogP contribution in [0, 0.1) is 11.3 Å². The molecule has 1 aromatic rings. The van der Waals surface area contributed by atoms with Crippen LogP contribution >= 0.6 is 0 Å². The molecular weight excluding hydrogens is 246 g/mol. The summed E-state index contributed by atoms with van der Waals surface area (Å²) in [4.78, 5) is 0. The van der Waals surface area contributed by atoms with Crippen LogP contribution in [0.4, 0.5) is 0 Å². The lowest BCUT2D eigenvalue weighted by atomic mass is 9.68. The monoisotopic (exact) mass is 275 g/mol. The summed E-state index contributed by atoms with van der Waals surface area (Å²) in [6.07, 6.45) is 4.73. The van der Waals surface area contributed by atoms with Crippen molar-refractivity contribution in [2.45, 2.75) is 58.5 Å². The molecule has 0 amide bonds. The van der Waals surface area contributed by atoms with Crippen molar-refractivity contribution in [2.75, 3.05) is 6.54 Å². The molecule has 1 fully saturated rings. The Balaban J connectivity index is 1.97. The molecule has 2 heteroatoms. The summed E-state index contributed by atoms with van der Waals surface area (Å²) in [7, 11) is 0. The first-order valence-corrected chi connectivity index (χ1v) is 7.90. The predicted octanol–water partition coefficient (Wildman–Crippen LogP) is 4.00. The Hall–Kier alpha value is -0.860. The molecule has 1 aliphatic rings. The lowest BCUT2D eigenvalue weighted by molar-refractivity contribution is 0.169. The molecule has 2 rings (SSSR count). The standard InChI is InChI=1S/C18H29NO/c1-18(2,3)16-10-8-14(9-11-16)13-4-6-15(7-5-13)17(20)12-19/h4-7,14,16-17,20H,8-12,19H2,1-3H3. The van der Waals surface area contributed by atoms with E-state index in [1.165, 1.54) is 31.2 Å². The second-order valence-electron chi connectivity index (χ2n) is 7.33. The Morgan fingerprint density at radius 2 is 1.65 bits per heavy atom. The molecule has 0 saturated heterocycles. The van der Waals surface area contributed by atoms with E-state index in [1.54, 1.807) is 0 Å². The molecule has 0 spiro atoms. The van der Waals surface area contributed by atoms with Crippen LogP contribution in [0.5, 0.6) is 0 Å². The Morgan fingerprint density at radius 3 is 2.10 bits per heavy atom. The SMILES string of the molecule is CC(C)(C)C1CCC(c2ccc(C(O)CN)cc2)CC1. The molecule has 0 heterocycles. The number of hydrogen-bond donors (Lipinski definition) is 2. The molecular formula is C18H29NO. The van der Waals surface area contributed by atoms with Crippen molar-refractivity contribution < 1.29 is 5.11 Å². The minimum atomic E-state index is -0.527. The fraction of sp³-hybridized carbons (Fsp3) is 0.667. The molecule has 1 aromatic carbocycles. The lowest BCUT2D eigenvalue weighted by Crippen LogP contribution is -2.25. The molecule has 0 aliphatic heterocycles. The summed E-state index contributed by atoms with van der Waals surface area (Å²) in [6, 6.07) is 8.41. The highest BCUT2D eigenvalue weighted by Gasteiger charge is 2.30. The zero-order valence-corrected chi connectivity index (χ0v) is 13.1. The minimum Gasteiger partial charge on any atom is -0.387 e. The normalized spacial score (nSPS) is 25.4. The third kappa shape index (κ3) is 3.62. The van der Waals surface area contributed by atoms with Gasteiger partial charge < -0.3 is 10.8 Å². The highest BCUT2D eigenvalue weighted by Crippen LogP contribution is 2.43. The van der Waals surface area contributed by atoms with Crippen molar-refractivity contribution >= 4 is 0 Å². The maximum absolute atomic E-state index is 9.73. The van der Waals surface area contributed by atoms with Gasteiger partial charge in [-0.2, -0.15) is 0 Å². The van der Waals surface area contributed by atoms with E-state index in [4.69, 9.17) is 5.73 Å². The average molecular weight is 275 g/mol. The molecule has 1 atom stereocenters. The molecule has 1 unspecified atom stereocenters. The highest BCUT2D eigenvalue weighted by atomic mass is 16.3. The van der Waals surface area contributed by atoms with Gasteiger partial charge in [0.1, 0.15) is 0 Å². The zero-order chi connectivity index (χ0) is 14.8. The van der Waals surface area contributed by atoms with Crippen LogP contribution in [0.1, 0.15) is 69.6 Å². The third-order valence-electron chi connectivity index (χ3n) is 4.97. The van der Waals surface area contributed by atoms with Crippen molar-refractivity contribution in [3.63, 3.8) is 0 Å². The van der Waals surface area contributed by atoms with E-state index in [0.717, 1.165) is 11.5 Å². The Bertz CT molecular complexity index is 410. The van der Waals surface area contributed by atoms with Crippen LogP contribution < -0.4 is 5.73 Å². The summed E-state index contributed by atoms with van der Waals surface area (Å²) < 4.78 is 0. The first-order chi connectivity index (χ1) is 9.41. The van der Waals surface area contributed by atoms with E-state index in [0.29, 0.717) is 11.3 Å². The van der Waals surface area contributed by atoms with Crippen LogP contribution in [-0.2, 0) is 0 Å². The minimum absolute atomic E-state index is 0.288. The fourth-order valence-electron chi connectivity index (χ4n) is 3.42. The van der Waals surface area contributed by atoms with Crippen molar-refractivity contribution in [3.05, 3.63) is 35.4 Å². The number of aliphatic hydroxyl groups excluding tert-OH is 1. The third-order valence-corrected chi connectivity index (χ3v) is 4.97. The quantitative estimate of drug-likeness (QED) is 0.876. The Labute approximate surface area is 123 Å². The second kappa shape index (κ2) is 6.28. The number of nitrogens with two attached hydrogens (primary N) is 1. The molecule has 0 aromatic heterocycles. The van der Waals surface area contributed by atoms with Crippen LogP contribution in [-0.4, -0.2) is 11.7 Å². The van der Waals surface area contributed by atoms with Gasteiger partial charge in [0, 0.05) is 6.54 Å². The molecule has 1 saturated carbocycles. The van der Waals surface area contributed by atoms with Crippen molar-refractivity contribution in [2.24, 2.45) is 17.1 Å². The van der Waals surface area contributed by atoms with Gasteiger partial charge in [0.05, 0.1) is 6.10 Å². The summed E-state index contributed by atoms with van der Waals surface area (Å²) in [5.74, 6) is 1.55. The second-order valence-corrected chi connectivity index (χ2v) is 7.33. The van der Waals surface area contributed by atoms with Crippen molar-refractivity contribution in [3.8, 4) is 0 Å². The van der Waals surface area contributed by atoms with E-state index < -0.39 is 6.10 Å². The van der Waals surface area contributed by atoms with Crippen molar-refractivity contribution in [1.82, 2.24) is 0 Å². The van der Waals surface area contributed by atoms with Crippen LogP contribution in [0.3, 0.4) is 0 Å². The van der Waals surface area contributed by atoms with Gasteiger partial charge in [-0.15, -0.1) is 0 Å². The van der Waals surface area contributed by atoms with E-state index in [1.807, 2.05) is 12.1 Å². The van der Waals surface area contributed by atoms with E-state index >= 15 is 0 Å². The molecule has 1 aliphatic carbocycles. The Kier molecular flexibility index (Phi) is 4.87. The predicted molar refractivity (Wildman–Crippen MR) is 84.6 cm³/mol. The molecule has 112 valence electrons. The lowest BCUT2D eigenvalue weighted by Gasteiger charge is -2.37. The average Bonchev–Trinajstić information content (AvgIpc) is 2.46. The summed E-state index contributed by atoms with van der Waals surface area (Å²) >= 11 is 0. The first kappa shape index (κ1) is 15.5.